The van der Waals surface area contributed by atoms with Crippen molar-refractivity contribution in [2.24, 2.45) is 11.7 Å². The fourth-order valence-electron chi connectivity index (χ4n) is 2.23. The summed E-state index contributed by atoms with van der Waals surface area (Å²) in [6.45, 7) is 4.11. The standard InChI is InChI=1S/C13H26N2O/c1-3-10(2)12(14)13(16)15-11-8-6-4-5-7-9-11/h10-12H,3-9,14H2,1-2H3,(H,15,16)/t10-,12-/m0/s1. The van der Waals surface area contributed by atoms with Crippen molar-refractivity contribution in [1.29, 1.82) is 0 Å². The lowest BCUT2D eigenvalue weighted by Crippen LogP contribution is -2.48. The molecule has 94 valence electrons. The van der Waals surface area contributed by atoms with E-state index in [1.54, 1.807) is 0 Å². The number of nitrogens with one attached hydrogen (secondary N) is 1. The minimum Gasteiger partial charge on any atom is -0.352 e. The van der Waals surface area contributed by atoms with Gasteiger partial charge in [0, 0.05) is 6.04 Å². The molecule has 1 rings (SSSR count). The monoisotopic (exact) mass is 226 g/mol. The summed E-state index contributed by atoms with van der Waals surface area (Å²) in [5.41, 5.74) is 5.92. The van der Waals surface area contributed by atoms with Crippen LogP contribution in [-0.4, -0.2) is 18.0 Å². The number of amides is 1. The van der Waals surface area contributed by atoms with Crippen LogP contribution in [-0.2, 0) is 4.79 Å². The first-order chi connectivity index (χ1) is 7.65. The van der Waals surface area contributed by atoms with E-state index in [9.17, 15) is 4.79 Å². The van der Waals surface area contributed by atoms with Gasteiger partial charge in [0.15, 0.2) is 0 Å². The highest BCUT2D eigenvalue weighted by molar-refractivity contribution is 5.82. The minimum atomic E-state index is -0.340. The maximum Gasteiger partial charge on any atom is 0.237 e. The minimum absolute atomic E-state index is 0.0428. The van der Waals surface area contributed by atoms with E-state index < -0.39 is 0 Å². The van der Waals surface area contributed by atoms with Gasteiger partial charge < -0.3 is 11.1 Å². The Labute approximate surface area is 99.2 Å². The molecule has 0 saturated heterocycles. The molecule has 0 aromatic heterocycles. The highest BCUT2D eigenvalue weighted by Crippen LogP contribution is 2.17. The van der Waals surface area contributed by atoms with E-state index in [1.807, 2.05) is 6.92 Å². The average molecular weight is 226 g/mol. The maximum atomic E-state index is 11.9. The lowest BCUT2D eigenvalue weighted by atomic mass is 9.98. The molecule has 1 fully saturated rings. The molecule has 0 spiro atoms. The summed E-state index contributed by atoms with van der Waals surface area (Å²) in [6.07, 6.45) is 8.30. The van der Waals surface area contributed by atoms with Gasteiger partial charge in [-0.1, -0.05) is 46.0 Å². The number of rotatable bonds is 4. The molecule has 3 N–H and O–H groups in total. The van der Waals surface area contributed by atoms with E-state index in [0.717, 1.165) is 19.3 Å². The molecule has 1 saturated carbocycles. The van der Waals surface area contributed by atoms with Gasteiger partial charge >= 0.3 is 0 Å². The second-order valence-electron chi connectivity index (χ2n) is 5.11. The molecule has 16 heavy (non-hydrogen) atoms. The molecular formula is C13H26N2O. The third-order valence-electron chi connectivity index (χ3n) is 3.76. The van der Waals surface area contributed by atoms with Crippen LogP contribution in [0.1, 0.15) is 58.8 Å². The van der Waals surface area contributed by atoms with Crippen LogP contribution in [0.4, 0.5) is 0 Å². The molecule has 0 unspecified atom stereocenters. The predicted octanol–water partition coefficient (Wildman–Crippen LogP) is 2.20. The van der Waals surface area contributed by atoms with Crippen molar-refractivity contribution < 1.29 is 4.79 Å². The normalized spacial score (nSPS) is 22.2. The average Bonchev–Trinajstić information content (AvgIpc) is 2.55. The maximum absolute atomic E-state index is 11.9. The number of nitrogens with two attached hydrogens (primary N) is 1. The van der Waals surface area contributed by atoms with Crippen molar-refractivity contribution >= 4 is 5.91 Å². The summed E-state index contributed by atoms with van der Waals surface area (Å²) in [6, 6.07) is 0.0263. The van der Waals surface area contributed by atoms with E-state index >= 15 is 0 Å². The van der Waals surface area contributed by atoms with Gasteiger partial charge in [-0.05, 0) is 18.8 Å². The highest BCUT2D eigenvalue weighted by atomic mass is 16.2. The Morgan fingerprint density at radius 3 is 2.38 bits per heavy atom. The van der Waals surface area contributed by atoms with Crippen molar-refractivity contribution in [3.63, 3.8) is 0 Å². The third kappa shape index (κ3) is 4.12. The van der Waals surface area contributed by atoms with Crippen molar-refractivity contribution in [1.82, 2.24) is 5.32 Å². The van der Waals surface area contributed by atoms with Crippen molar-refractivity contribution in [3.8, 4) is 0 Å². The summed E-state index contributed by atoms with van der Waals surface area (Å²) in [4.78, 5) is 11.9. The Morgan fingerprint density at radius 1 is 1.31 bits per heavy atom. The van der Waals surface area contributed by atoms with Crippen LogP contribution >= 0.6 is 0 Å². The lowest BCUT2D eigenvalue weighted by Gasteiger charge is -2.22. The van der Waals surface area contributed by atoms with Crippen LogP contribution in [0.3, 0.4) is 0 Å². The van der Waals surface area contributed by atoms with Crippen LogP contribution < -0.4 is 11.1 Å². The second kappa shape index (κ2) is 6.89. The van der Waals surface area contributed by atoms with Crippen LogP contribution in [0.25, 0.3) is 0 Å². The zero-order valence-electron chi connectivity index (χ0n) is 10.7. The van der Waals surface area contributed by atoms with Crippen LogP contribution in [0.5, 0.6) is 0 Å². The van der Waals surface area contributed by atoms with Gasteiger partial charge in [-0.25, -0.2) is 0 Å². The van der Waals surface area contributed by atoms with Crippen molar-refractivity contribution in [2.75, 3.05) is 0 Å². The Bertz CT molecular complexity index is 210. The van der Waals surface area contributed by atoms with E-state index in [-0.39, 0.29) is 17.9 Å². The Hall–Kier alpha value is -0.570. The molecule has 3 heteroatoms. The fraction of sp³-hybridized carbons (Fsp3) is 0.923. The summed E-state index contributed by atoms with van der Waals surface area (Å²) < 4.78 is 0. The molecule has 0 aromatic rings. The smallest absolute Gasteiger partial charge is 0.237 e. The largest absolute Gasteiger partial charge is 0.352 e. The first kappa shape index (κ1) is 13.5. The van der Waals surface area contributed by atoms with E-state index in [1.165, 1.54) is 25.7 Å². The first-order valence-corrected chi connectivity index (χ1v) is 6.71. The van der Waals surface area contributed by atoms with Crippen LogP contribution in [0, 0.1) is 5.92 Å². The summed E-state index contributed by atoms with van der Waals surface area (Å²) >= 11 is 0. The molecule has 2 atom stereocenters. The van der Waals surface area contributed by atoms with Gasteiger partial charge in [0.25, 0.3) is 0 Å². The van der Waals surface area contributed by atoms with Crippen LogP contribution in [0.2, 0.25) is 0 Å². The number of carbonyl (C=O) groups is 1. The van der Waals surface area contributed by atoms with Gasteiger partial charge in [0.05, 0.1) is 6.04 Å². The van der Waals surface area contributed by atoms with E-state index in [2.05, 4.69) is 12.2 Å². The van der Waals surface area contributed by atoms with E-state index in [0.29, 0.717) is 6.04 Å². The third-order valence-corrected chi connectivity index (χ3v) is 3.76. The predicted molar refractivity (Wildman–Crippen MR) is 67.1 cm³/mol. The van der Waals surface area contributed by atoms with Gasteiger partial charge in [-0.2, -0.15) is 0 Å². The molecule has 1 amide bonds. The van der Waals surface area contributed by atoms with Gasteiger partial charge in [0.1, 0.15) is 0 Å². The number of carbonyl (C=O) groups excluding carboxylic acids is 1. The summed E-state index contributed by atoms with van der Waals surface area (Å²) in [5, 5.41) is 3.11. The molecule has 1 aliphatic rings. The molecule has 3 nitrogen and oxygen atoms in total. The van der Waals surface area contributed by atoms with Gasteiger partial charge in [-0.15, -0.1) is 0 Å². The van der Waals surface area contributed by atoms with Crippen molar-refractivity contribution in [2.45, 2.75) is 70.9 Å². The molecule has 0 heterocycles. The molecular weight excluding hydrogens is 200 g/mol. The molecule has 0 aromatic carbocycles. The van der Waals surface area contributed by atoms with E-state index in [4.69, 9.17) is 5.73 Å². The fourth-order valence-corrected chi connectivity index (χ4v) is 2.23. The highest BCUT2D eigenvalue weighted by Gasteiger charge is 2.22. The zero-order valence-corrected chi connectivity index (χ0v) is 10.7. The lowest BCUT2D eigenvalue weighted by molar-refractivity contribution is -0.124. The summed E-state index contributed by atoms with van der Waals surface area (Å²) in [5.74, 6) is 0.312. The molecule has 0 bridgehead atoms. The molecule has 0 radical (unpaired) electrons. The Balaban J connectivity index is 2.37. The summed E-state index contributed by atoms with van der Waals surface area (Å²) in [7, 11) is 0. The Kier molecular flexibility index (Phi) is 5.81. The second-order valence-corrected chi connectivity index (χ2v) is 5.11. The van der Waals surface area contributed by atoms with Gasteiger partial charge in [0.2, 0.25) is 5.91 Å². The van der Waals surface area contributed by atoms with Gasteiger partial charge in [-0.3, -0.25) is 4.79 Å². The SMILES string of the molecule is CC[C@H](C)[C@H](N)C(=O)NC1CCCCCC1. The quantitative estimate of drug-likeness (QED) is 0.722. The first-order valence-electron chi connectivity index (χ1n) is 6.71. The molecule has 0 aliphatic heterocycles. The zero-order chi connectivity index (χ0) is 12.0. The number of hydrogen-bond donors (Lipinski definition) is 2. The van der Waals surface area contributed by atoms with Crippen molar-refractivity contribution in [3.05, 3.63) is 0 Å². The Morgan fingerprint density at radius 2 is 1.88 bits per heavy atom. The van der Waals surface area contributed by atoms with Crippen LogP contribution in [0.15, 0.2) is 0 Å². The number of hydrogen-bond acceptors (Lipinski definition) is 2. The molecule has 1 aliphatic carbocycles. The topological polar surface area (TPSA) is 55.1 Å².